The predicted molar refractivity (Wildman–Crippen MR) is 101 cm³/mol. The van der Waals surface area contributed by atoms with Crippen LogP contribution in [-0.4, -0.2) is 61.4 Å². The summed E-state index contributed by atoms with van der Waals surface area (Å²) in [5.41, 5.74) is 1.95. The molecule has 2 fully saturated rings. The van der Waals surface area contributed by atoms with Crippen LogP contribution in [0.25, 0.3) is 0 Å². The first-order chi connectivity index (χ1) is 11.7. The maximum Gasteiger partial charge on any atom is 0.253 e. The van der Waals surface area contributed by atoms with E-state index in [0.717, 1.165) is 50.0 Å². The van der Waals surface area contributed by atoms with E-state index >= 15 is 0 Å². The third-order valence-electron chi connectivity index (χ3n) is 5.16. The van der Waals surface area contributed by atoms with Gasteiger partial charge in [-0.25, -0.2) is 0 Å². The van der Waals surface area contributed by atoms with Crippen LogP contribution in [0.1, 0.15) is 47.5 Å². The first-order valence-corrected chi connectivity index (χ1v) is 8.99. The molecule has 25 heavy (non-hydrogen) atoms. The highest BCUT2D eigenvalue weighted by Gasteiger charge is 2.24. The van der Waals surface area contributed by atoms with Crippen molar-refractivity contribution >= 4 is 24.2 Å². The Kier molecular flexibility index (Phi) is 7.26. The number of carbonyl (C=O) groups excluding carboxylic acids is 2. The molecule has 1 atom stereocenters. The average Bonchev–Trinajstić information content (AvgIpc) is 3.14. The number of hydrogen-bond acceptors (Lipinski definition) is 3. The van der Waals surface area contributed by atoms with Gasteiger partial charge < -0.3 is 15.1 Å². The first kappa shape index (κ1) is 19.7. The van der Waals surface area contributed by atoms with E-state index in [9.17, 15) is 9.59 Å². The molecule has 6 heteroatoms. The van der Waals surface area contributed by atoms with Crippen LogP contribution < -0.4 is 5.32 Å². The van der Waals surface area contributed by atoms with Crippen molar-refractivity contribution in [3.05, 3.63) is 35.4 Å². The van der Waals surface area contributed by atoms with Crippen LogP contribution >= 0.6 is 12.4 Å². The SMILES string of the molecule is CN(CCN1CCCCC1=O)C(=O)c1ccccc1C1CCNC1.Cl. The van der Waals surface area contributed by atoms with Gasteiger partial charge in [0.2, 0.25) is 5.91 Å². The van der Waals surface area contributed by atoms with Gasteiger partial charge in [0.1, 0.15) is 0 Å². The Morgan fingerprint density at radius 1 is 1.32 bits per heavy atom. The molecule has 2 heterocycles. The summed E-state index contributed by atoms with van der Waals surface area (Å²) in [6.07, 6.45) is 3.79. The molecule has 1 aromatic rings. The van der Waals surface area contributed by atoms with E-state index in [1.807, 2.05) is 30.1 Å². The molecule has 1 N–H and O–H groups in total. The van der Waals surface area contributed by atoms with Gasteiger partial charge in [0.05, 0.1) is 0 Å². The second-order valence-corrected chi connectivity index (χ2v) is 6.84. The van der Waals surface area contributed by atoms with Gasteiger partial charge in [-0.3, -0.25) is 9.59 Å². The minimum absolute atomic E-state index is 0. The van der Waals surface area contributed by atoms with Gasteiger partial charge in [0.25, 0.3) is 5.91 Å². The number of nitrogens with zero attached hydrogens (tertiary/aromatic N) is 2. The quantitative estimate of drug-likeness (QED) is 0.870. The topological polar surface area (TPSA) is 52.7 Å². The zero-order valence-corrected chi connectivity index (χ0v) is 15.7. The van der Waals surface area contributed by atoms with Gasteiger partial charge >= 0.3 is 0 Å². The van der Waals surface area contributed by atoms with Crippen LogP contribution in [0.4, 0.5) is 0 Å². The van der Waals surface area contributed by atoms with Gasteiger partial charge in [0.15, 0.2) is 0 Å². The molecule has 0 saturated carbocycles. The van der Waals surface area contributed by atoms with Crippen molar-refractivity contribution in [3.8, 4) is 0 Å². The van der Waals surface area contributed by atoms with Crippen LogP contribution in [0.2, 0.25) is 0 Å². The third kappa shape index (κ3) is 4.73. The smallest absolute Gasteiger partial charge is 0.253 e. The van der Waals surface area contributed by atoms with Crippen molar-refractivity contribution in [1.82, 2.24) is 15.1 Å². The Bertz CT molecular complexity index is 602. The maximum atomic E-state index is 12.9. The number of piperidine rings is 1. The summed E-state index contributed by atoms with van der Waals surface area (Å²) >= 11 is 0. The van der Waals surface area contributed by atoms with Crippen molar-refractivity contribution < 1.29 is 9.59 Å². The minimum atomic E-state index is 0. The van der Waals surface area contributed by atoms with Crippen molar-refractivity contribution in [2.24, 2.45) is 0 Å². The number of rotatable bonds is 5. The molecular formula is C19H28ClN3O2. The summed E-state index contributed by atoms with van der Waals surface area (Å²) in [5, 5.41) is 3.37. The molecule has 1 aromatic carbocycles. The van der Waals surface area contributed by atoms with Gasteiger partial charge in [0, 0.05) is 45.2 Å². The number of halogens is 1. The molecule has 2 aliphatic heterocycles. The molecule has 0 spiro atoms. The second kappa shape index (κ2) is 9.20. The van der Waals surface area contributed by atoms with Crippen LogP contribution in [0.15, 0.2) is 24.3 Å². The fourth-order valence-corrected chi connectivity index (χ4v) is 3.64. The molecule has 0 aromatic heterocycles. The van der Waals surface area contributed by atoms with Crippen LogP contribution in [0.3, 0.4) is 0 Å². The monoisotopic (exact) mass is 365 g/mol. The fraction of sp³-hybridized carbons (Fsp3) is 0.579. The summed E-state index contributed by atoms with van der Waals surface area (Å²) in [6, 6.07) is 7.95. The second-order valence-electron chi connectivity index (χ2n) is 6.84. The number of carbonyl (C=O) groups is 2. The van der Waals surface area contributed by atoms with Crippen LogP contribution in [0.5, 0.6) is 0 Å². The summed E-state index contributed by atoms with van der Waals surface area (Å²) in [7, 11) is 1.83. The lowest BCUT2D eigenvalue weighted by Crippen LogP contribution is -2.41. The van der Waals surface area contributed by atoms with E-state index < -0.39 is 0 Å². The van der Waals surface area contributed by atoms with E-state index in [4.69, 9.17) is 0 Å². The van der Waals surface area contributed by atoms with Crippen LogP contribution in [0, 0.1) is 0 Å². The van der Waals surface area contributed by atoms with Crippen molar-refractivity contribution in [2.45, 2.75) is 31.6 Å². The molecule has 2 amide bonds. The molecule has 0 bridgehead atoms. The first-order valence-electron chi connectivity index (χ1n) is 8.99. The van der Waals surface area contributed by atoms with Gasteiger partial charge in [-0.2, -0.15) is 0 Å². The summed E-state index contributed by atoms with van der Waals surface area (Å²) in [4.78, 5) is 28.4. The van der Waals surface area contributed by atoms with E-state index in [2.05, 4.69) is 11.4 Å². The van der Waals surface area contributed by atoms with E-state index in [-0.39, 0.29) is 24.2 Å². The summed E-state index contributed by atoms with van der Waals surface area (Å²) in [6.45, 7) is 4.00. The van der Waals surface area contributed by atoms with Crippen molar-refractivity contribution in [3.63, 3.8) is 0 Å². The van der Waals surface area contributed by atoms with Gasteiger partial charge in [-0.15, -0.1) is 12.4 Å². The number of amides is 2. The largest absolute Gasteiger partial charge is 0.341 e. The van der Waals surface area contributed by atoms with E-state index in [1.54, 1.807) is 4.90 Å². The Hall–Kier alpha value is -1.59. The Morgan fingerprint density at radius 2 is 2.12 bits per heavy atom. The lowest BCUT2D eigenvalue weighted by atomic mass is 9.93. The highest BCUT2D eigenvalue weighted by molar-refractivity contribution is 5.95. The standard InChI is InChI=1S/C19H27N3O2.ClH/c1-21(12-13-22-11-5-4-8-18(22)23)19(24)17-7-3-2-6-16(17)15-9-10-20-14-15;/h2-3,6-7,15,20H,4-5,8-14H2,1H3;1H. The minimum Gasteiger partial charge on any atom is -0.341 e. The van der Waals surface area contributed by atoms with Crippen LogP contribution in [-0.2, 0) is 4.79 Å². The number of nitrogens with one attached hydrogen (secondary N) is 1. The Morgan fingerprint density at radius 3 is 2.84 bits per heavy atom. The van der Waals surface area contributed by atoms with Gasteiger partial charge in [-0.1, -0.05) is 18.2 Å². The maximum absolute atomic E-state index is 12.9. The van der Waals surface area contributed by atoms with Crippen molar-refractivity contribution in [2.75, 3.05) is 39.8 Å². The zero-order chi connectivity index (χ0) is 16.9. The van der Waals surface area contributed by atoms with E-state index in [1.165, 1.54) is 0 Å². The molecule has 5 nitrogen and oxygen atoms in total. The molecular weight excluding hydrogens is 338 g/mol. The number of hydrogen-bond donors (Lipinski definition) is 1. The average molecular weight is 366 g/mol. The normalized spacial score (nSPS) is 20.3. The molecule has 3 rings (SSSR count). The Labute approximate surface area is 156 Å². The number of likely N-dealkylation sites (N-methyl/N-ethyl adjacent to an activating group) is 1. The van der Waals surface area contributed by atoms with Gasteiger partial charge in [-0.05, 0) is 43.4 Å². The highest BCUT2D eigenvalue weighted by atomic mass is 35.5. The van der Waals surface area contributed by atoms with E-state index in [0.29, 0.717) is 25.4 Å². The lowest BCUT2D eigenvalue weighted by Gasteiger charge is -2.29. The number of likely N-dealkylation sites (tertiary alicyclic amines) is 1. The highest BCUT2D eigenvalue weighted by Crippen LogP contribution is 2.26. The fourth-order valence-electron chi connectivity index (χ4n) is 3.64. The molecule has 2 aliphatic rings. The molecule has 138 valence electrons. The molecule has 2 saturated heterocycles. The zero-order valence-electron chi connectivity index (χ0n) is 14.9. The van der Waals surface area contributed by atoms with Crippen molar-refractivity contribution in [1.29, 1.82) is 0 Å². The molecule has 0 radical (unpaired) electrons. The Balaban J connectivity index is 0.00000225. The molecule has 1 unspecified atom stereocenters. The molecule has 0 aliphatic carbocycles. The number of benzene rings is 1. The summed E-state index contributed by atoms with van der Waals surface area (Å²) < 4.78 is 0. The third-order valence-corrected chi connectivity index (χ3v) is 5.16. The predicted octanol–water partition coefficient (Wildman–Crippen LogP) is 2.27. The summed E-state index contributed by atoms with van der Waals surface area (Å²) in [5.74, 6) is 0.698. The lowest BCUT2D eigenvalue weighted by molar-refractivity contribution is -0.133.